The van der Waals surface area contributed by atoms with Gasteiger partial charge in [-0.2, -0.15) is 0 Å². The SMILES string of the molecule is c1ccc(-n2c3ccccc3c3ccc(-c4ccc5c(n4)-c4nccc(-c6cccc7c8ccccc8n(-c8ccccc8)c67)c4[SiH2]5)cc32)cc1. The summed E-state index contributed by atoms with van der Waals surface area (Å²) in [6.07, 6.45) is 1.98. The number of fused-ring (bicyclic) bond motifs is 9. The minimum atomic E-state index is -0.829. The van der Waals surface area contributed by atoms with Gasteiger partial charge >= 0.3 is 0 Å². The van der Waals surface area contributed by atoms with E-state index in [4.69, 9.17) is 9.97 Å². The lowest BCUT2D eigenvalue weighted by molar-refractivity contribution is 1.18. The Labute approximate surface area is 296 Å². The smallest absolute Gasteiger partial charge is 0.0941 e. The molecule has 5 heteroatoms. The monoisotopic (exact) mass is 666 g/mol. The summed E-state index contributed by atoms with van der Waals surface area (Å²) in [5.41, 5.74) is 13.8. The van der Waals surface area contributed by atoms with E-state index in [1.54, 1.807) is 0 Å². The van der Waals surface area contributed by atoms with Gasteiger partial charge in [0.25, 0.3) is 0 Å². The van der Waals surface area contributed by atoms with Gasteiger partial charge < -0.3 is 9.13 Å². The maximum absolute atomic E-state index is 5.38. The minimum Gasteiger partial charge on any atom is -0.309 e. The summed E-state index contributed by atoms with van der Waals surface area (Å²) in [6.45, 7) is 0. The van der Waals surface area contributed by atoms with E-state index < -0.39 is 9.52 Å². The van der Waals surface area contributed by atoms with Crippen LogP contribution in [0, 0.1) is 0 Å². The van der Waals surface area contributed by atoms with Crippen molar-refractivity contribution in [2.24, 2.45) is 0 Å². The Bertz CT molecular complexity index is 2990. The van der Waals surface area contributed by atoms with Gasteiger partial charge in [-0.25, -0.2) is 4.98 Å². The summed E-state index contributed by atoms with van der Waals surface area (Å²) >= 11 is 0. The highest BCUT2D eigenvalue weighted by molar-refractivity contribution is 6.74. The van der Waals surface area contributed by atoms with Crippen LogP contribution in [0.1, 0.15) is 0 Å². The van der Waals surface area contributed by atoms with Gasteiger partial charge in [-0.1, -0.05) is 109 Å². The van der Waals surface area contributed by atoms with E-state index in [0.29, 0.717) is 0 Å². The van der Waals surface area contributed by atoms with Crippen LogP contribution in [0.3, 0.4) is 0 Å². The van der Waals surface area contributed by atoms with Gasteiger partial charge in [-0.05, 0) is 70.5 Å². The highest BCUT2D eigenvalue weighted by Crippen LogP contribution is 2.39. The van der Waals surface area contributed by atoms with Crippen LogP contribution < -0.4 is 10.4 Å². The molecular weight excluding hydrogens is 637 g/mol. The largest absolute Gasteiger partial charge is 0.309 e. The van der Waals surface area contributed by atoms with Crippen molar-refractivity contribution in [3.63, 3.8) is 0 Å². The van der Waals surface area contributed by atoms with Crippen molar-refractivity contribution in [3.05, 3.63) is 170 Å². The molecule has 0 amide bonds. The molecule has 0 saturated carbocycles. The second kappa shape index (κ2) is 11.0. The molecule has 0 radical (unpaired) electrons. The van der Waals surface area contributed by atoms with E-state index in [-0.39, 0.29) is 0 Å². The number of hydrogen-bond donors (Lipinski definition) is 0. The molecule has 5 heterocycles. The molecule has 0 saturated heterocycles. The third kappa shape index (κ3) is 4.19. The number of pyridine rings is 2. The van der Waals surface area contributed by atoms with Crippen molar-refractivity contribution in [3.8, 4) is 45.1 Å². The second-order valence-corrected chi connectivity index (χ2v) is 15.2. The lowest BCUT2D eigenvalue weighted by Gasteiger charge is -2.14. The zero-order chi connectivity index (χ0) is 33.5. The Balaban J connectivity index is 1.08. The highest BCUT2D eigenvalue weighted by Gasteiger charge is 2.27. The molecule has 238 valence electrons. The number of hydrogen-bond acceptors (Lipinski definition) is 2. The van der Waals surface area contributed by atoms with Crippen molar-refractivity contribution in [1.29, 1.82) is 0 Å². The molecule has 4 nitrogen and oxygen atoms in total. The van der Waals surface area contributed by atoms with Crippen LogP contribution in [-0.4, -0.2) is 28.6 Å². The fraction of sp³-hybridized carbons (Fsp3) is 0. The van der Waals surface area contributed by atoms with Gasteiger partial charge in [0.2, 0.25) is 0 Å². The van der Waals surface area contributed by atoms with Crippen molar-refractivity contribution >= 4 is 63.5 Å². The van der Waals surface area contributed by atoms with Crippen molar-refractivity contribution in [1.82, 2.24) is 19.1 Å². The average Bonchev–Trinajstić information content (AvgIpc) is 3.86. The standard InChI is InChI=1S/C46H30N4Si/c1-3-12-30(13-4-1)49-39-20-9-7-16-32(39)34-23-22-29(28-41(34)49)38-24-25-42-43(48-38)44-46(51-42)37(26-27-47-44)36-19-11-18-35-33-17-8-10-21-40(33)50(45(35)36)31-14-5-2-6-15-31/h1-28H,51H2. The number of benzene rings is 6. The Morgan fingerprint density at radius 3 is 1.88 bits per heavy atom. The summed E-state index contributed by atoms with van der Waals surface area (Å²) in [4.78, 5) is 10.4. The third-order valence-corrected chi connectivity index (χ3v) is 12.6. The molecule has 51 heavy (non-hydrogen) atoms. The summed E-state index contributed by atoms with van der Waals surface area (Å²) in [7, 11) is -0.829. The maximum atomic E-state index is 5.38. The molecule has 0 unspecified atom stereocenters. The van der Waals surface area contributed by atoms with Crippen LogP contribution in [0.25, 0.3) is 88.8 Å². The van der Waals surface area contributed by atoms with Crippen LogP contribution in [0.4, 0.5) is 0 Å². The summed E-state index contributed by atoms with van der Waals surface area (Å²) in [5.74, 6) is 0. The van der Waals surface area contributed by atoms with Gasteiger partial charge in [-0.15, -0.1) is 0 Å². The normalized spacial score (nSPS) is 12.7. The Morgan fingerprint density at radius 1 is 0.451 bits per heavy atom. The minimum absolute atomic E-state index is 0.829. The predicted molar refractivity (Wildman–Crippen MR) is 215 cm³/mol. The molecule has 11 rings (SSSR count). The van der Waals surface area contributed by atoms with Gasteiger partial charge in [0.15, 0.2) is 0 Å². The fourth-order valence-corrected chi connectivity index (χ4v) is 10.3. The number of aromatic nitrogens is 4. The second-order valence-electron chi connectivity index (χ2n) is 13.4. The summed E-state index contributed by atoms with van der Waals surface area (Å²) in [5, 5.41) is 7.74. The topological polar surface area (TPSA) is 35.6 Å². The van der Waals surface area contributed by atoms with E-state index in [2.05, 4.69) is 173 Å². The van der Waals surface area contributed by atoms with E-state index in [1.807, 2.05) is 6.20 Å². The fourth-order valence-electron chi connectivity index (χ4n) is 8.38. The molecule has 6 aromatic carbocycles. The zero-order valence-corrected chi connectivity index (χ0v) is 29.1. The first-order valence-electron chi connectivity index (χ1n) is 17.5. The van der Waals surface area contributed by atoms with Gasteiger partial charge in [0, 0.05) is 50.2 Å². The van der Waals surface area contributed by atoms with Gasteiger partial charge in [0.05, 0.1) is 48.7 Å². The van der Waals surface area contributed by atoms with Gasteiger partial charge in [0.1, 0.15) is 0 Å². The maximum Gasteiger partial charge on any atom is 0.0941 e. The predicted octanol–water partition coefficient (Wildman–Crippen LogP) is 9.10. The van der Waals surface area contributed by atoms with E-state index in [1.165, 1.54) is 65.1 Å². The molecular formula is C46H30N4Si. The van der Waals surface area contributed by atoms with Gasteiger partial charge in [-0.3, -0.25) is 4.98 Å². The van der Waals surface area contributed by atoms with Crippen LogP contribution in [0.2, 0.25) is 0 Å². The van der Waals surface area contributed by atoms with Crippen molar-refractivity contribution in [2.45, 2.75) is 0 Å². The van der Waals surface area contributed by atoms with Crippen LogP contribution in [0.15, 0.2) is 170 Å². The molecule has 0 bridgehead atoms. The third-order valence-electron chi connectivity index (χ3n) is 10.6. The first-order valence-corrected chi connectivity index (χ1v) is 18.9. The number of para-hydroxylation sites is 5. The van der Waals surface area contributed by atoms with Crippen LogP contribution >= 0.6 is 0 Å². The molecule has 10 aromatic rings. The van der Waals surface area contributed by atoms with Crippen molar-refractivity contribution < 1.29 is 0 Å². The first kappa shape index (κ1) is 28.3. The number of nitrogens with zero attached hydrogens (tertiary/aromatic N) is 4. The molecule has 1 aliphatic heterocycles. The Morgan fingerprint density at radius 2 is 1.10 bits per heavy atom. The molecule has 0 fully saturated rings. The zero-order valence-electron chi connectivity index (χ0n) is 27.7. The first-order chi connectivity index (χ1) is 25.3. The lowest BCUT2D eigenvalue weighted by Crippen LogP contribution is -2.23. The Kier molecular flexibility index (Phi) is 6.09. The quantitative estimate of drug-likeness (QED) is 0.176. The number of rotatable bonds is 4. The molecule has 0 spiro atoms. The van der Waals surface area contributed by atoms with E-state index in [0.717, 1.165) is 34.0 Å². The molecule has 1 aliphatic rings. The van der Waals surface area contributed by atoms with Crippen molar-refractivity contribution in [2.75, 3.05) is 0 Å². The molecule has 4 aromatic heterocycles. The molecule has 0 aliphatic carbocycles. The molecule has 0 atom stereocenters. The van der Waals surface area contributed by atoms with Crippen LogP contribution in [-0.2, 0) is 0 Å². The average molecular weight is 667 g/mol. The van der Waals surface area contributed by atoms with Crippen LogP contribution in [0.5, 0.6) is 0 Å². The van der Waals surface area contributed by atoms with E-state index >= 15 is 0 Å². The molecule has 0 N–H and O–H groups in total. The lowest BCUT2D eigenvalue weighted by atomic mass is 10.0. The van der Waals surface area contributed by atoms with E-state index in [9.17, 15) is 0 Å². The summed E-state index contributed by atoms with van der Waals surface area (Å²) in [6, 6.07) is 59.0. The highest BCUT2D eigenvalue weighted by atomic mass is 28.2. The Hall–Kier alpha value is -6.56. The summed E-state index contributed by atoms with van der Waals surface area (Å²) < 4.78 is 4.80.